The Kier molecular flexibility index (Phi) is 5.80. The predicted molar refractivity (Wildman–Crippen MR) is 47.0 cm³/mol. The van der Waals surface area contributed by atoms with Crippen molar-refractivity contribution in [1.82, 2.24) is 0 Å². The van der Waals surface area contributed by atoms with Crippen molar-refractivity contribution in [1.29, 1.82) is 0 Å². The molecule has 0 saturated carbocycles. The SMILES string of the molecule is Br.COc1ccc([CH2][Zn])cc1. The maximum atomic E-state index is 5.02. The zero-order valence-corrected chi connectivity index (χ0v) is 11.2. The van der Waals surface area contributed by atoms with Crippen molar-refractivity contribution in [3.63, 3.8) is 0 Å². The molecular weight excluding hydrogens is 257 g/mol. The molecule has 0 aliphatic rings. The van der Waals surface area contributed by atoms with Gasteiger partial charge in [-0.15, -0.1) is 17.0 Å². The first-order valence-electron chi connectivity index (χ1n) is 3.29. The minimum absolute atomic E-state index is 0. The molecule has 0 N–H and O–H groups in total. The van der Waals surface area contributed by atoms with E-state index in [1.807, 2.05) is 12.1 Å². The van der Waals surface area contributed by atoms with E-state index in [2.05, 4.69) is 12.1 Å². The van der Waals surface area contributed by atoms with Crippen LogP contribution in [0.5, 0.6) is 5.75 Å². The fourth-order valence-corrected chi connectivity index (χ4v) is 1.49. The molecule has 3 heteroatoms. The number of hydrogen-bond acceptors (Lipinski definition) is 1. The van der Waals surface area contributed by atoms with E-state index in [1.54, 1.807) is 7.11 Å². The predicted octanol–water partition coefficient (Wildman–Crippen LogP) is 2.32. The van der Waals surface area contributed by atoms with Gasteiger partial charge in [0.05, 0.1) is 0 Å². The fraction of sp³-hybridized carbons (Fsp3) is 0.250. The first-order chi connectivity index (χ1) is 4.86. The zero-order valence-electron chi connectivity index (χ0n) is 6.54. The van der Waals surface area contributed by atoms with Gasteiger partial charge in [-0.25, -0.2) is 0 Å². The molecule has 0 aromatic heterocycles. The molecule has 1 aromatic carbocycles. The standard InChI is InChI=1S/C8H9O.BrH.Zn/c1-7-3-5-8(9-2)6-4-7;;/h3-6H,1H2,2H3;1H;. The van der Waals surface area contributed by atoms with Crippen molar-refractivity contribution in [3.05, 3.63) is 29.8 Å². The molecule has 0 radical (unpaired) electrons. The Balaban J connectivity index is 0.000001000. The van der Waals surface area contributed by atoms with Crippen molar-refractivity contribution in [2.24, 2.45) is 0 Å². The third-order valence-electron chi connectivity index (χ3n) is 1.45. The first kappa shape index (κ1) is 11.1. The Labute approximate surface area is 87.6 Å². The van der Waals surface area contributed by atoms with Crippen molar-refractivity contribution in [2.45, 2.75) is 5.02 Å². The average molecular weight is 267 g/mol. The summed E-state index contributed by atoms with van der Waals surface area (Å²) in [6, 6.07) is 8.24. The van der Waals surface area contributed by atoms with Gasteiger partial charge >= 0.3 is 70.7 Å². The van der Waals surface area contributed by atoms with E-state index in [4.69, 9.17) is 4.74 Å². The Bertz CT molecular complexity index is 175. The van der Waals surface area contributed by atoms with Crippen molar-refractivity contribution in [3.8, 4) is 5.75 Å². The molecule has 11 heavy (non-hydrogen) atoms. The number of hydrogen-bond donors (Lipinski definition) is 0. The topological polar surface area (TPSA) is 9.23 Å². The Morgan fingerprint density at radius 3 is 2.18 bits per heavy atom. The summed E-state index contributed by atoms with van der Waals surface area (Å²) in [6.07, 6.45) is 0. The van der Waals surface area contributed by atoms with Gasteiger partial charge in [-0.2, -0.15) is 0 Å². The molecule has 0 heterocycles. The second-order valence-corrected chi connectivity index (χ2v) is 3.15. The van der Waals surface area contributed by atoms with Crippen LogP contribution in [0.25, 0.3) is 0 Å². The second kappa shape index (κ2) is 5.73. The van der Waals surface area contributed by atoms with Crippen LogP contribution in [0.1, 0.15) is 5.56 Å². The van der Waals surface area contributed by atoms with Crippen LogP contribution in [0.3, 0.4) is 0 Å². The second-order valence-electron chi connectivity index (χ2n) is 2.10. The van der Waals surface area contributed by atoms with Crippen LogP contribution in [0.15, 0.2) is 24.3 Å². The van der Waals surface area contributed by atoms with Crippen molar-refractivity contribution in [2.75, 3.05) is 7.11 Å². The summed E-state index contributed by atoms with van der Waals surface area (Å²) in [5, 5.41) is 1.21. The molecule has 1 aromatic rings. The molecule has 1 nitrogen and oxygen atoms in total. The molecule has 0 fully saturated rings. The van der Waals surface area contributed by atoms with Gasteiger partial charge in [0.25, 0.3) is 0 Å². The Hall–Kier alpha value is 0.123. The van der Waals surface area contributed by atoms with E-state index in [1.165, 1.54) is 28.9 Å². The molecular formula is C8H10BrOZn. The fourth-order valence-electron chi connectivity index (χ4n) is 0.792. The molecule has 0 aliphatic heterocycles. The van der Waals surface area contributed by atoms with Crippen LogP contribution < -0.4 is 4.74 Å². The molecule has 57 valence electrons. The van der Waals surface area contributed by atoms with E-state index in [-0.39, 0.29) is 17.0 Å². The maximum absolute atomic E-state index is 5.02. The van der Waals surface area contributed by atoms with Gasteiger partial charge in [0, 0.05) is 0 Å². The molecule has 0 amide bonds. The summed E-state index contributed by atoms with van der Waals surface area (Å²) in [4.78, 5) is 0. The minimum atomic E-state index is 0. The van der Waals surface area contributed by atoms with E-state index in [0.29, 0.717) is 0 Å². The van der Waals surface area contributed by atoms with E-state index >= 15 is 0 Å². The monoisotopic (exact) mass is 265 g/mol. The zero-order chi connectivity index (χ0) is 7.40. The van der Waals surface area contributed by atoms with Crippen LogP contribution >= 0.6 is 17.0 Å². The molecule has 0 spiro atoms. The summed E-state index contributed by atoms with van der Waals surface area (Å²) in [7, 11) is 1.69. The molecule has 0 saturated heterocycles. The normalized spacial score (nSPS) is 8.64. The van der Waals surface area contributed by atoms with Gasteiger partial charge < -0.3 is 0 Å². The number of benzene rings is 1. The third kappa shape index (κ3) is 3.35. The summed E-state index contributed by atoms with van der Waals surface area (Å²) in [6.45, 7) is 0. The van der Waals surface area contributed by atoms with Crippen LogP contribution in [0.4, 0.5) is 0 Å². The van der Waals surface area contributed by atoms with Gasteiger partial charge in [0.15, 0.2) is 0 Å². The summed E-state index contributed by atoms with van der Waals surface area (Å²) in [5.41, 5.74) is 1.40. The molecule has 0 atom stereocenters. The molecule has 0 unspecified atom stereocenters. The van der Waals surface area contributed by atoms with E-state index in [0.717, 1.165) is 5.75 Å². The average Bonchev–Trinajstić information content (AvgIpc) is 2.05. The summed E-state index contributed by atoms with van der Waals surface area (Å²) >= 11 is 1.33. The Morgan fingerprint density at radius 1 is 1.27 bits per heavy atom. The number of ether oxygens (including phenoxy) is 1. The number of halogens is 1. The third-order valence-corrected chi connectivity index (χ3v) is 2.66. The summed E-state index contributed by atoms with van der Waals surface area (Å²) in [5.74, 6) is 0.942. The van der Waals surface area contributed by atoms with Gasteiger partial charge in [-0.1, -0.05) is 0 Å². The van der Waals surface area contributed by atoms with Crippen LogP contribution in [0, 0.1) is 0 Å². The number of rotatable bonds is 2. The number of methoxy groups -OCH3 is 1. The van der Waals surface area contributed by atoms with Gasteiger partial charge in [-0.3, -0.25) is 0 Å². The molecule has 0 bridgehead atoms. The van der Waals surface area contributed by atoms with E-state index < -0.39 is 0 Å². The van der Waals surface area contributed by atoms with E-state index in [9.17, 15) is 0 Å². The van der Waals surface area contributed by atoms with Crippen molar-refractivity contribution < 1.29 is 23.0 Å². The van der Waals surface area contributed by atoms with Gasteiger partial charge in [0.2, 0.25) is 0 Å². The quantitative estimate of drug-likeness (QED) is 0.747. The van der Waals surface area contributed by atoms with Gasteiger partial charge in [0.1, 0.15) is 0 Å². The van der Waals surface area contributed by atoms with Crippen LogP contribution in [0.2, 0.25) is 0 Å². The van der Waals surface area contributed by atoms with Gasteiger partial charge in [-0.05, 0) is 0 Å². The summed E-state index contributed by atoms with van der Waals surface area (Å²) < 4.78 is 5.02. The van der Waals surface area contributed by atoms with Crippen molar-refractivity contribution >= 4 is 17.0 Å². The first-order valence-corrected chi connectivity index (χ1v) is 5.39. The molecule has 1 rings (SSSR count). The Morgan fingerprint density at radius 2 is 1.82 bits per heavy atom. The van der Waals surface area contributed by atoms with Crippen LogP contribution in [-0.2, 0) is 23.3 Å². The van der Waals surface area contributed by atoms with Crippen LogP contribution in [-0.4, -0.2) is 7.11 Å². The molecule has 0 aliphatic carbocycles.